The van der Waals surface area contributed by atoms with Gasteiger partial charge in [-0.15, -0.1) is 0 Å². The van der Waals surface area contributed by atoms with Crippen molar-refractivity contribution in [3.63, 3.8) is 0 Å². The zero-order valence-corrected chi connectivity index (χ0v) is 12.6. The molecule has 8 heteroatoms. The highest BCUT2D eigenvalue weighted by Crippen LogP contribution is 2.22. The Morgan fingerprint density at radius 3 is 2.18 bits per heavy atom. The van der Waals surface area contributed by atoms with Crippen molar-refractivity contribution >= 4 is 23.9 Å². The van der Waals surface area contributed by atoms with E-state index in [1.165, 1.54) is 13.0 Å². The number of hydrogen-bond acceptors (Lipinski definition) is 8. The van der Waals surface area contributed by atoms with Crippen LogP contribution >= 0.6 is 0 Å². The van der Waals surface area contributed by atoms with Crippen molar-refractivity contribution in [1.82, 2.24) is 0 Å². The normalized spacial score (nSPS) is 14.9. The minimum atomic E-state index is -1.15. The Morgan fingerprint density at radius 1 is 1.18 bits per heavy atom. The summed E-state index contributed by atoms with van der Waals surface area (Å²) in [6.07, 6.45) is 0.697. The van der Waals surface area contributed by atoms with E-state index in [1.54, 1.807) is 0 Å². The SMILES string of the molecule is COC(=O)C(CCC(OC(C)=O)C1=CCOC1=O)C(=O)OC. The third kappa shape index (κ3) is 4.57. The first-order chi connectivity index (χ1) is 10.4. The standard InChI is InChI=1S/C14H18O8/c1-8(15)22-11(9-6-7-21-14(9)18)5-4-10(12(16)19-2)13(17)20-3/h6,10-11H,4-5,7H2,1-3H3. The zero-order chi connectivity index (χ0) is 16.7. The summed E-state index contributed by atoms with van der Waals surface area (Å²) in [6.45, 7) is 1.30. The van der Waals surface area contributed by atoms with E-state index in [-0.39, 0.29) is 25.0 Å². The van der Waals surface area contributed by atoms with E-state index in [1.807, 2.05) is 0 Å². The van der Waals surface area contributed by atoms with Crippen molar-refractivity contribution < 1.29 is 38.1 Å². The number of esters is 4. The molecule has 0 aromatic heterocycles. The van der Waals surface area contributed by atoms with Crippen molar-refractivity contribution in [2.24, 2.45) is 5.92 Å². The Hall–Kier alpha value is -2.38. The second kappa shape index (κ2) is 8.16. The molecule has 1 heterocycles. The molecular formula is C14H18O8. The second-order valence-corrected chi connectivity index (χ2v) is 4.53. The molecule has 8 nitrogen and oxygen atoms in total. The van der Waals surface area contributed by atoms with E-state index in [4.69, 9.17) is 9.47 Å². The summed E-state index contributed by atoms with van der Waals surface area (Å²) in [7, 11) is 2.30. The minimum Gasteiger partial charge on any atom is -0.468 e. The van der Waals surface area contributed by atoms with Crippen LogP contribution in [0.3, 0.4) is 0 Å². The maximum absolute atomic E-state index is 11.6. The number of cyclic esters (lactones) is 1. The largest absolute Gasteiger partial charge is 0.468 e. The van der Waals surface area contributed by atoms with Crippen LogP contribution in [0.5, 0.6) is 0 Å². The quantitative estimate of drug-likeness (QED) is 0.371. The molecule has 22 heavy (non-hydrogen) atoms. The molecule has 0 saturated heterocycles. The van der Waals surface area contributed by atoms with Gasteiger partial charge in [0, 0.05) is 6.92 Å². The van der Waals surface area contributed by atoms with Crippen LogP contribution in [0.15, 0.2) is 11.6 Å². The van der Waals surface area contributed by atoms with Gasteiger partial charge in [-0.2, -0.15) is 0 Å². The van der Waals surface area contributed by atoms with E-state index in [2.05, 4.69) is 9.47 Å². The maximum Gasteiger partial charge on any atom is 0.337 e. The third-order valence-corrected chi connectivity index (χ3v) is 3.10. The first kappa shape index (κ1) is 17.7. The van der Waals surface area contributed by atoms with E-state index in [0.717, 1.165) is 14.2 Å². The summed E-state index contributed by atoms with van der Waals surface area (Å²) in [5.74, 6) is -3.82. The molecule has 122 valence electrons. The summed E-state index contributed by atoms with van der Waals surface area (Å²) in [4.78, 5) is 45.9. The molecule has 0 fully saturated rings. The van der Waals surface area contributed by atoms with Gasteiger partial charge in [0.1, 0.15) is 12.7 Å². The van der Waals surface area contributed by atoms with Gasteiger partial charge in [0.15, 0.2) is 5.92 Å². The average molecular weight is 314 g/mol. The first-order valence-corrected chi connectivity index (χ1v) is 6.60. The zero-order valence-electron chi connectivity index (χ0n) is 12.6. The van der Waals surface area contributed by atoms with Gasteiger partial charge in [-0.05, 0) is 18.9 Å². The fourth-order valence-corrected chi connectivity index (χ4v) is 2.05. The van der Waals surface area contributed by atoms with Crippen LogP contribution in [0, 0.1) is 5.92 Å². The molecule has 0 radical (unpaired) electrons. The van der Waals surface area contributed by atoms with Gasteiger partial charge in [-0.25, -0.2) is 4.79 Å². The predicted molar refractivity (Wildman–Crippen MR) is 71.4 cm³/mol. The lowest BCUT2D eigenvalue weighted by molar-refractivity contribution is -0.159. The van der Waals surface area contributed by atoms with Crippen LogP contribution in [-0.4, -0.2) is 50.8 Å². The molecule has 0 aliphatic carbocycles. The number of rotatable bonds is 7. The summed E-state index contributed by atoms with van der Waals surface area (Å²) < 4.78 is 18.9. The smallest absolute Gasteiger partial charge is 0.337 e. The Balaban J connectivity index is 2.80. The number of methoxy groups -OCH3 is 2. The third-order valence-electron chi connectivity index (χ3n) is 3.10. The minimum absolute atomic E-state index is 0.00190. The highest BCUT2D eigenvalue weighted by atomic mass is 16.6. The summed E-state index contributed by atoms with van der Waals surface area (Å²) in [5, 5.41) is 0. The summed E-state index contributed by atoms with van der Waals surface area (Å²) in [5.41, 5.74) is 0.198. The Labute approximate surface area is 127 Å². The lowest BCUT2D eigenvalue weighted by atomic mass is 9.97. The Kier molecular flexibility index (Phi) is 6.55. The molecule has 0 aromatic rings. The van der Waals surface area contributed by atoms with Gasteiger partial charge < -0.3 is 18.9 Å². The molecule has 0 N–H and O–H groups in total. The monoisotopic (exact) mass is 314 g/mol. The lowest BCUT2D eigenvalue weighted by Crippen LogP contribution is -2.29. The van der Waals surface area contributed by atoms with Gasteiger partial charge in [0.05, 0.1) is 19.8 Å². The number of ether oxygens (including phenoxy) is 4. The molecule has 0 bridgehead atoms. The number of hydrogen-bond donors (Lipinski definition) is 0. The fourth-order valence-electron chi connectivity index (χ4n) is 2.05. The van der Waals surface area contributed by atoms with Gasteiger partial charge in [0.2, 0.25) is 0 Å². The lowest BCUT2D eigenvalue weighted by Gasteiger charge is -2.19. The first-order valence-electron chi connectivity index (χ1n) is 6.60. The van der Waals surface area contributed by atoms with E-state index < -0.39 is 35.9 Å². The molecule has 1 unspecified atom stereocenters. The van der Waals surface area contributed by atoms with Crippen LogP contribution in [-0.2, 0) is 38.1 Å². The number of carbonyl (C=O) groups is 4. The van der Waals surface area contributed by atoms with Gasteiger partial charge >= 0.3 is 23.9 Å². The highest BCUT2D eigenvalue weighted by molar-refractivity contribution is 5.95. The molecule has 0 amide bonds. The molecule has 0 spiro atoms. The van der Waals surface area contributed by atoms with Crippen molar-refractivity contribution in [3.05, 3.63) is 11.6 Å². The molecule has 1 rings (SSSR count). The molecule has 1 aliphatic rings. The Morgan fingerprint density at radius 2 is 1.77 bits per heavy atom. The molecule has 0 aromatic carbocycles. The molecule has 0 saturated carbocycles. The summed E-state index contributed by atoms with van der Waals surface area (Å²) in [6, 6.07) is 0. The van der Waals surface area contributed by atoms with Crippen LogP contribution < -0.4 is 0 Å². The Bertz CT molecular complexity index is 477. The topological polar surface area (TPSA) is 105 Å². The van der Waals surface area contributed by atoms with E-state index in [0.29, 0.717) is 0 Å². The fraction of sp³-hybridized carbons (Fsp3) is 0.571. The number of carbonyl (C=O) groups excluding carboxylic acids is 4. The molecule has 1 aliphatic heterocycles. The second-order valence-electron chi connectivity index (χ2n) is 4.53. The van der Waals surface area contributed by atoms with E-state index >= 15 is 0 Å². The maximum atomic E-state index is 11.6. The van der Waals surface area contributed by atoms with Gasteiger partial charge in [0.25, 0.3) is 0 Å². The van der Waals surface area contributed by atoms with Crippen molar-refractivity contribution in [2.75, 3.05) is 20.8 Å². The summed E-state index contributed by atoms with van der Waals surface area (Å²) >= 11 is 0. The highest BCUT2D eigenvalue weighted by Gasteiger charge is 2.33. The van der Waals surface area contributed by atoms with Crippen LogP contribution in [0.25, 0.3) is 0 Å². The van der Waals surface area contributed by atoms with Gasteiger partial charge in [-0.1, -0.05) is 0 Å². The predicted octanol–water partition coefficient (Wildman–Crippen LogP) is 0.144. The van der Waals surface area contributed by atoms with Crippen LogP contribution in [0.2, 0.25) is 0 Å². The van der Waals surface area contributed by atoms with Crippen LogP contribution in [0.1, 0.15) is 19.8 Å². The molecule has 1 atom stereocenters. The van der Waals surface area contributed by atoms with Crippen molar-refractivity contribution in [2.45, 2.75) is 25.9 Å². The van der Waals surface area contributed by atoms with Crippen molar-refractivity contribution in [3.8, 4) is 0 Å². The molecular weight excluding hydrogens is 296 g/mol. The van der Waals surface area contributed by atoms with Gasteiger partial charge in [-0.3, -0.25) is 14.4 Å². The van der Waals surface area contributed by atoms with Crippen molar-refractivity contribution in [1.29, 1.82) is 0 Å². The van der Waals surface area contributed by atoms with E-state index in [9.17, 15) is 19.2 Å². The van der Waals surface area contributed by atoms with Crippen LogP contribution in [0.4, 0.5) is 0 Å². The average Bonchev–Trinajstić information content (AvgIpc) is 2.91.